The molecule has 2 amide bonds. The highest BCUT2D eigenvalue weighted by molar-refractivity contribution is 8.01. The Morgan fingerprint density at radius 1 is 1.06 bits per heavy atom. The van der Waals surface area contributed by atoms with Crippen molar-refractivity contribution < 1.29 is 9.59 Å². The number of aromatic nitrogens is 4. The maximum absolute atomic E-state index is 12.3. The van der Waals surface area contributed by atoms with Gasteiger partial charge in [-0.15, -0.1) is 11.3 Å². The molecule has 0 saturated carbocycles. The van der Waals surface area contributed by atoms with Crippen LogP contribution in [0.4, 0.5) is 11.4 Å². The Bertz CT molecular complexity index is 1280. The second-order valence-electron chi connectivity index (χ2n) is 6.13. The van der Waals surface area contributed by atoms with E-state index in [4.69, 9.17) is 5.26 Å². The van der Waals surface area contributed by atoms with Gasteiger partial charge in [-0.25, -0.2) is 9.97 Å². The van der Waals surface area contributed by atoms with Crippen LogP contribution in [0.3, 0.4) is 0 Å². The number of hydrogen-bond donors (Lipinski definition) is 2. The molecule has 2 N–H and O–H groups in total. The lowest BCUT2D eigenvalue weighted by atomic mass is 10.2. The number of thiazole rings is 1. The number of amides is 2. The molecule has 9 nitrogen and oxygen atoms in total. The Balaban J connectivity index is 1.37. The van der Waals surface area contributed by atoms with Gasteiger partial charge in [-0.3, -0.25) is 9.59 Å². The van der Waals surface area contributed by atoms with E-state index in [1.807, 2.05) is 18.2 Å². The van der Waals surface area contributed by atoms with Gasteiger partial charge in [0.15, 0.2) is 4.34 Å². The summed E-state index contributed by atoms with van der Waals surface area (Å²) in [6.45, 7) is 0. The molecule has 0 bridgehead atoms. The van der Waals surface area contributed by atoms with Gasteiger partial charge in [-0.2, -0.15) is 15.5 Å². The fraction of sp³-hybridized carbons (Fsp3) is 0.0500. The Hall–Kier alpha value is -3.88. The van der Waals surface area contributed by atoms with E-state index < -0.39 is 0 Å². The smallest absolute Gasteiger partial charge is 0.257 e. The number of fused-ring (bicyclic) bond motifs is 1. The first-order chi connectivity index (χ1) is 15.1. The summed E-state index contributed by atoms with van der Waals surface area (Å²) in [5, 5.41) is 21.7. The van der Waals surface area contributed by atoms with Gasteiger partial charge in [0.1, 0.15) is 11.8 Å². The fourth-order valence-electron chi connectivity index (χ4n) is 2.53. The van der Waals surface area contributed by atoms with E-state index in [1.165, 1.54) is 47.8 Å². The molecule has 4 rings (SSSR count). The Morgan fingerprint density at radius 3 is 2.68 bits per heavy atom. The molecule has 0 radical (unpaired) electrons. The van der Waals surface area contributed by atoms with Crippen LogP contribution in [-0.4, -0.2) is 37.7 Å². The summed E-state index contributed by atoms with van der Waals surface area (Å²) >= 11 is 2.76. The lowest BCUT2D eigenvalue weighted by molar-refractivity contribution is -0.113. The highest BCUT2D eigenvalue weighted by Gasteiger charge is 2.11. The second kappa shape index (κ2) is 9.29. The van der Waals surface area contributed by atoms with Crippen molar-refractivity contribution in [2.24, 2.45) is 0 Å². The van der Waals surface area contributed by atoms with Gasteiger partial charge >= 0.3 is 0 Å². The maximum Gasteiger partial charge on any atom is 0.257 e. The molecule has 0 atom stereocenters. The summed E-state index contributed by atoms with van der Waals surface area (Å²) in [6.07, 6.45) is 4.30. The zero-order chi connectivity index (χ0) is 21.6. The molecule has 0 spiro atoms. The van der Waals surface area contributed by atoms with E-state index in [0.29, 0.717) is 16.9 Å². The number of benzene rings is 1. The number of pyridine rings is 1. The van der Waals surface area contributed by atoms with Gasteiger partial charge in [0.25, 0.3) is 5.91 Å². The van der Waals surface area contributed by atoms with Crippen molar-refractivity contribution in [2.45, 2.75) is 4.34 Å². The monoisotopic (exact) mass is 447 g/mol. The van der Waals surface area contributed by atoms with Crippen molar-refractivity contribution >= 4 is 56.5 Å². The lowest BCUT2D eigenvalue weighted by Gasteiger charge is -2.04. The summed E-state index contributed by atoms with van der Waals surface area (Å²) < 4.78 is 1.63. The average molecular weight is 448 g/mol. The number of anilines is 2. The Morgan fingerprint density at radius 2 is 1.94 bits per heavy atom. The second-order valence-corrected chi connectivity index (χ2v) is 8.38. The molecule has 0 unspecified atom stereocenters. The number of nitrogens with one attached hydrogen (secondary N) is 2. The molecule has 152 valence electrons. The fourth-order valence-corrected chi connectivity index (χ4v) is 4.44. The number of nitrogens with zero attached hydrogens (tertiary/aromatic N) is 5. The zero-order valence-electron chi connectivity index (χ0n) is 15.8. The number of rotatable bonds is 6. The molecule has 11 heteroatoms. The van der Waals surface area contributed by atoms with Gasteiger partial charge in [-0.1, -0.05) is 11.8 Å². The number of thioether (sulfide) groups is 1. The maximum atomic E-state index is 12.3. The minimum absolute atomic E-state index is 0.179. The van der Waals surface area contributed by atoms with Crippen molar-refractivity contribution in [3.05, 3.63) is 66.2 Å². The quantitative estimate of drug-likeness (QED) is 0.430. The predicted molar refractivity (Wildman–Crippen MR) is 118 cm³/mol. The third kappa shape index (κ3) is 5.19. The highest BCUT2D eigenvalue weighted by atomic mass is 32.2. The van der Waals surface area contributed by atoms with Crippen LogP contribution < -0.4 is 10.6 Å². The molecule has 0 aliphatic heterocycles. The van der Waals surface area contributed by atoms with Crippen LogP contribution in [0.2, 0.25) is 0 Å². The first-order valence-electron chi connectivity index (χ1n) is 8.88. The SMILES string of the molecule is N#Cc1ccc(NC(=O)CSc2nc3ccc(NC(=O)c4ccnnc4)cc3s2)cn1. The average Bonchev–Trinajstić information content (AvgIpc) is 3.21. The normalized spacial score (nSPS) is 10.4. The van der Waals surface area contributed by atoms with Crippen LogP contribution in [0.15, 0.2) is 59.3 Å². The number of carbonyl (C=O) groups excluding carboxylic acids is 2. The molecule has 0 saturated heterocycles. The molecular weight excluding hydrogens is 434 g/mol. The van der Waals surface area contributed by atoms with Crippen LogP contribution in [0.25, 0.3) is 10.2 Å². The minimum Gasteiger partial charge on any atom is -0.324 e. The third-order valence-electron chi connectivity index (χ3n) is 3.96. The van der Waals surface area contributed by atoms with Crippen molar-refractivity contribution in [3.8, 4) is 6.07 Å². The standard InChI is InChI=1S/C20H13N7O2S2/c21-8-14-1-2-15(10-22-14)25-18(28)11-30-20-27-16-4-3-13(7-17(16)31-20)26-19(29)12-5-6-23-24-9-12/h1-7,9-10H,11H2,(H,25,28)(H,26,29). The molecule has 3 heterocycles. The largest absolute Gasteiger partial charge is 0.324 e. The molecule has 0 fully saturated rings. The number of hydrogen-bond acceptors (Lipinski definition) is 9. The van der Waals surface area contributed by atoms with Gasteiger partial charge in [0, 0.05) is 5.69 Å². The van der Waals surface area contributed by atoms with Crippen LogP contribution in [0.1, 0.15) is 16.1 Å². The summed E-state index contributed by atoms with van der Waals surface area (Å²) in [6, 6.07) is 12.1. The zero-order valence-corrected chi connectivity index (χ0v) is 17.4. The van der Waals surface area contributed by atoms with Crippen molar-refractivity contribution in [1.82, 2.24) is 20.2 Å². The van der Waals surface area contributed by atoms with E-state index in [2.05, 4.69) is 30.8 Å². The number of nitriles is 1. The topological polar surface area (TPSA) is 134 Å². The van der Waals surface area contributed by atoms with Gasteiger partial charge < -0.3 is 10.6 Å². The Labute approximate surface area is 184 Å². The molecule has 4 aromatic rings. The summed E-state index contributed by atoms with van der Waals surface area (Å²) in [4.78, 5) is 32.9. The van der Waals surface area contributed by atoms with Gasteiger partial charge in [0.2, 0.25) is 5.91 Å². The summed E-state index contributed by atoms with van der Waals surface area (Å²) in [5.41, 5.74) is 2.65. The van der Waals surface area contributed by atoms with Crippen molar-refractivity contribution in [1.29, 1.82) is 5.26 Å². The van der Waals surface area contributed by atoms with E-state index in [9.17, 15) is 9.59 Å². The van der Waals surface area contributed by atoms with E-state index in [1.54, 1.807) is 18.2 Å². The molecule has 1 aromatic carbocycles. The van der Waals surface area contributed by atoms with Gasteiger partial charge in [0.05, 0.1) is 45.8 Å². The van der Waals surface area contributed by atoms with E-state index >= 15 is 0 Å². The summed E-state index contributed by atoms with van der Waals surface area (Å²) in [5.74, 6) is -0.296. The molecular formula is C20H13N7O2S2. The number of carbonyl (C=O) groups is 2. The predicted octanol–water partition coefficient (Wildman–Crippen LogP) is 3.34. The molecule has 0 aliphatic carbocycles. The molecule has 3 aromatic heterocycles. The summed E-state index contributed by atoms with van der Waals surface area (Å²) in [7, 11) is 0. The van der Waals surface area contributed by atoms with E-state index in [0.717, 1.165) is 14.6 Å². The highest BCUT2D eigenvalue weighted by Crippen LogP contribution is 2.31. The molecule has 0 aliphatic rings. The molecule has 31 heavy (non-hydrogen) atoms. The van der Waals surface area contributed by atoms with Crippen LogP contribution in [0.5, 0.6) is 0 Å². The first-order valence-corrected chi connectivity index (χ1v) is 10.7. The Kier molecular flexibility index (Phi) is 6.11. The van der Waals surface area contributed by atoms with E-state index in [-0.39, 0.29) is 23.3 Å². The third-order valence-corrected chi connectivity index (χ3v) is 6.12. The van der Waals surface area contributed by atoms with Gasteiger partial charge in [-0.05, 0) is 36.4 Å². The van der Waals surface area contributed by atoms with Crippen LogP contribution in [0, 0.1) is 11.3 Å². The van der Waals surface area contributed by atoms with Crippen LogP contribution >= 0.6 is 23.1 Å². The first kappa shape index (κ1) is 20.4. The minimum atomic E-state index is -0.276. The van der Waals surface area contributed by atoms with Crippen LogP contribution in [-0.2, 0) is 4.79 Å². The lowest BCUT2D eigenvalue weighted by Crippen LogP contribution is -2.14. The van der Waals surface area contributed by atoms with Crippen molar-refractivity contribution in [2.75, 3.05) is 16.4 Å². The van der Waals surface area contributed by atoms with Crippen molar-refractivity contribution in [3.63, 3.8) is 0 Å².